The van der Waals surface area contributed by atoms with E-state index >= 15 is 0 Å². The van der Waals surface area contributed by atoms with Crippen molar-refractivity contribution in [2.24, 2.45) is 0 Å². The molecule has 0 unspecified atom stereocenters. The Hall–Kier alpha value is -1.77. The molecule has 0 aliphatic rings. The number of aliphatic hydroxyl groups is 1. The fraction of sp³-hybridized carbons (Fsp3) is 0.182. The lowest BCUT2D eigenvalue weighted by Crippen LogP contribution is -1.98. The molecule has 0 bridgehead atoms. The summed E-state index contributed by atoms with van der Waals surface area (Å²) in [5.74, 6) is -0.332. The fourth-order valence-corrected chi connectivity index (χ4v) is 1.02. The summed E-state index contributed by atoms with van der Waals surface area (Å²) in [5.41, 5.74) is 0.541. The molecule has 1 N–H and O–H groups in total. The molecule has 3 heteroatoms. The van der Waals surface area contributed by atoms with Crippen molar-refractivity contribution in [3.8, 4) is 0 Å². The first kappa shape index (κ1) is 10.3. The van der Waals surface area contributed by atoms with Crippen molar-refractivity contribution in [2.75, 3.05) is 6.61 Å². The van der Waals surface area contributed by atoms with Crippen molar-refractivity contribution in [2.45, 2.75) is 6.92 Å². The average Bonchev–Trinajstić information content (AvgIpc) is 2.26. The molecular weight excluding hydrogens is 180 g/mol. The van der Waals surface area contributed by atoms with Crippen LogP contribution in [0.2, 0.25) is 0 Å². The summed E-state index contributed by atoms with van der Waals surface area (Å²) in [4.78, 5) is 10.4. The zero-order valence-electron chi connectivity index (χ0n) is 7.86. The Morgan fingerprint density at radius 1 is 1.43 bits per heavy atom. The van der Waals surface area contributed by atoms with Crippen molar-refractivity contribution in [1.82, 2.24) is 0 Å². The molecule has 0 spiro atoms. The van der Waals surface area contributed by atoms with Crippen molar-refractivity contribution in [3.63, 3.8) is 0 Å². The summed E-state index contributed by atoms with van der Waals surface area (Å²) >= 11 is 0. The maximum absolute atomic E-state index is 10.4. The molecule has 0 amide bonds. The summed E-state index contributed by atoms with van der Waals surface area (Å²) in [7, 11) is 0. The second kappa shape index (κ2) is 5.07. The van der Waals surface area contributed by atoms with Gasteiger partial charge in [0, 0.05) is 5.56 Å². The Kier molecular flexibility index (Phi) is 3.73. The number of hydrogen-bond acceptors (Lipinski definition) is 3. The number of rotatable bonds is 4. The molecular formula is C11H11O3. The highest BCUT2D eigenvalue weighted by atomic mass is 16.5. The SMILES string of the molecule is CCOC([C]=O)=C(O)c1ccccc1. The molecule has 14 heavy (non-hydrogen) atoms. The van der Waals surface area contributed by atoms with Gasteiger partial charge in [0.25, 0.3) is 6.29 Å². The van der Waals surface area contributed by atoms with Gasteiger partial charge in [0.1, 0.15) is 0 Å². The van der Waals surface area contributed by atoms with Gasteiger partial charge in [-0.2, -0.15) is 0 Å². The van der Waals surface area contributed by atoms with Crippen LogP contribution in [0.15, 0.2) is 36.1 Å². The lowest BCUT2D eigenvalue weighted by molar-refractivity contribution is 0.239. The number of ether oxygens (including phenoxy) is 1. The van der Waals surface area contributed by atoms with E-state index in [1.165, 1.54) is 0 Å². The van der Waals surface area contributed by atoms with Crippen molar-refractivity contribution >= 4 is 12.0 Å². The molecule has 0 aliphatic heterocycles. The maximum Gasteiger partial charge on any atom is 0.275 e. The highest BCUT2D eigenvalue weighted by Crippen LogP contribution is 2.14. The Labute approximate surface area is 82.6 Å². The Morgan fingerprint density at radius 3 is 2.57 bits per heavy atom. The summed E-state index contributed by atoms with van der Waals surface area (Å²) in [6, 6.07) is 8.72. The second-order valence-corrected chi connectivity index (χ2v) is 2.58. The predicted molar refractivity (Wildman–Crippen MR) is 53.3 cm³/mol. The molecule has 0 aliphatic carbocycles. The summed E-state index contributed by atoms with van der Waals surface area (Å²) in [6.07, 6.45) is 1.56. The number of carbonyl (C=O) groups excluding carboxylic acids is 1. The molecule has 73 valence electrons. The van der Waals surface area contributed by atoms with Crippen LogP contribution >= 0.6 is 0 Å². The normalized spacial score (nSPS) is 11.8. The van der Waals surface area contributed by atoms with Crippen LogP contribution in [-0.4, -0.2) is 18.0 Å². The van der Waals surface area contributed by atoms with Gasteiger partial charge in [-0.05, 0) is 6.92 Å². The smallest absolute Gasteiger partial charge is 0.275 e. The molecule has 1 radical (unpaired) electrons. The summed E-state index contributed by atoms with van der Waals surface area (Å²) in [6.45, 7) is 2.05. The van der Waals surface area contributed by atoms with Gasteiger partial charge >= 0.3 is 0 Å². The first-order valence-electron chi connectivity index (χ1n) is 4.29. The van der Waals surface area contributed by atoms with Crippen LogP contribution in [0.3, 0.4) is 0 Å². The fourth-order valence-electron chi connectivity index (χ4n) is 1.02. The van der Waals surface area contributed by atoms with E-state index in [0.29, 0.717) is 12.2 Å². The van der Waals surface area contributed by atoms with E-state index in [9.17, 15) is 9.90 Å². The van der Waals surface area contributed by atoms with Crippen molar-refractivity contribution < 1.29 is 14.6 Å². The van der Waals surface area contributed by atoms with E-state index in [1.807, 2.05) is 6.07 Å². The zero-order chi connectivity index (χ0) is 10.4. The van der Waals surface area contributed by atoms with E-state index in [4.69, 9.17) is 4.74 Å². The third kappa shape index (κ3) is 2.36. The second-order valence-electron chi connectivity index (χ2n) is 2.58. The largest absolute Gasteiger partial charge is 0.504 e. The molecule has 0 saturated carbocycles. The van der Waals surface area contributed by atoms with Crippen molar-refractivity contribution in [1.29, 1.82) is 0 Å². The maximum atomic E-state index is 10.4. The summed E-state index contributed by atoms with van der Waals surface area (Å²) < 4.78 is 4.91. The number of allylic oxidation sites excluding steroid dienone is 1. The molecule has 1 rings (SSSR count). The molecule has 0 saturated heterocycles. The van der Waals surface area contributed by atoms with Crippen LogP contribution in [0, 0.1) is 0 Å². The molecule has 1 aromatic carbocycles. The monoisotopic (exact) mass is 191 g/mol. The zero-order valence-corrected chi connectivity index (χ0v) is 7.86. The van der Waals surface area contributed by atoms with Gasteiger partial charge in [0.2, 0.25) is 5.76 Å². The van der Waals surface area contributed by atoms with Gasteiger partial charge in [0.05, 0.1) is 6.61 Å². The van der Waals surface area contributed by atoms with Gasteiger partial charge < -0.3 is 9.84 Å². The van der Waals surface area contributed by atoms with Gasteiger partial charge in [-0.15, -0.1) is 0 Å². The molecule has 0 atom stereocenters. The van der Waals surface area contributed by atoms with Gasteiger partial charge in [0.15, 0.2) is 5.76 Å². The van der Waals surface area contributed by atoms with Crippen molar-refractivity contribution in [3.05, 3.63) is 41.7 Å². The molecule has 0 heterocycles. The number of hydrogen-bond donors (Lipinski definition) is 1. The highest BCUT2D eigenvalue weighted by molar-refractivity contribution is 5.83. The van der Waals surface area contributed by atoms with E-state index in [1.54, 1.807) is 37.5 Å². The third-order valence-corrected chi connectivity index (χ3v) is 1.64. The first-order chi connectivity index (χ1) is 6.79. The van der Waals surface area contributed by atoms with Gasteiger partial charge in [-0.3, -0.25) is 4.79 Å². The standard InChI is InChI=1S/C11H11O3/c1-2-14-10(8-12)11(13)9-6-4-3-5-7-9/h3-7,13H,2H2,1H3. The minimum absolute atomic E-state index is 0.154. The topological polar surface area (TPSA) is 46.5 Å². The van der Waals surface area contributed by atoms with Crippen LogP contribution in [-0.2, 0) is 9.53 Å². The quantitative estimate of drug-likeness (QED) is 0.585. The lowest BCUT2D eigenvalue weighted by Gasteiger charge is -2.04. The van der Waals surface area contributed by atoms with E-state index in [-0.39, 0.29) is 11.5 Å². The minimum atomic E-state index is -0.178. The Bertz CT molecular complexity index is 328. The number of aliphatic hydroxyl groups excluding tert-OH is 1. The van der Waals surface area contributed by atoms with E-state index in [2.05, 4.69) is 0 Å². The minimum Gasteiger partial charge on any atom is -0.504 e. The third-order valence-electron chi connectivity index (χ3n) is 1.64. The van der Waals surface area contributed by atoms with Crippen LogP contribution < -0.4 is 0 Å². The van der Waals surface area contributed by atoms with Crippen LogP contribution in [0.25, 0.3) is 5.76 Å². The van der Waals surface area contributed by atoms with Crippen LogP contribution in [0.4, 0.5) is 0 Å². The lowest BCUT2D eigenvalue weighted by atomic mass is 10.2. The van der Waals surface area contributed by atoms with Crippen LogP contribution in [0.1, 0.15) is 12.5 Å². The predicted octanol–water partition coefficient (Wildman–Crippen LogP) is 2.06. The van der Waals surface area contributed by atoms with E-state index in [0.717, 1.165) is 0 Å². The average molecular weight is 191 g/mol. The van der Waals surface area contributed by atoms with Crippen LogP contribution in [0.5, 0.6) is 0 Å². The molecule has 0 fully saturated rings. The summed E-state index contributed by atoms with van der Waals surface area (Å²) in [5, 5.41) is 9.60. The molecule has 0 aromatic heterocycles. The number of benzene rings is 1. The van der Waals surface area contributed by atoms with Gasteiger partial charge in [-0.25, -0.2) is 0 Å². The Morgan fingerprint density at radius 2 is 2.07 bits per heavy atom. The Balaban J connectivity index is 3.01. The van der Waals surface area contributed by atoms with Gasteiger partial charge in [-0.1, -0.05) is 30.3 Å². The van der Waals surface area contributed by atoms with E-state index < -0.39 is 0 Å². The first-order valence-corrected chi connectivity index (χ1v) is 4.29. The molecule has 3 nitrogen and oxygen atoms in total. The highest BCUT2D eigenvalue weighted by Gasteiger charge is 2.08. The molecule has 1 aromatic rings.